The summed E-state index contributed by atoms with van der Waals surface area (Å²) in [7, 11) is 0. The zero-order valence-corrected chi connectivity index (χ0v) is 12.4. The van der Waals surface area contributed by atoms with E-state index in [4.69, 9.17) is 9.47 Å². The predicted octanol–water partition coefficient (Wildman–Crippen LogP) is 2.85. The molecule has 1 N–H and O–H groups in total. The van der Waals surface area contributed by atoms with Gasteiger partial charge in [0.2, 0.25) is 0 Å². The van der Waals surface area contributed by atoms with E-state index in [1.54, 1.807) is 0 Å². The molecule has 1 saturated heterocycles. The Labute approximate surface area is 112 Å². The van der Waals surface area contributed by atoms with Gasteiger partial charge in [0.1, 0.15) is 5.60 Å². The van der Waals surface area contributed by atoms with E-state index in [-0.39, 0.29) is 11.6 Å². The number of rotatable bonds is 3. The van der Waals surface area contributed by atoms with Gasteiger partial charge in [-0.2, -0.15) is 0 Å². The molecule has 0 aliphatic carbocycles. The van der Waals surface area contributed by atoms with Crippen LogP contribution < -0.4 is 5.32 Å². The number of alkyl carbamates (subject to hydrolysis) is 1. The highest BCUT2D eigenvalue weighted by Crippen LogP contribution is 2.26. The molecule has 1 aliphatic heterocycles. The Morgan fingerprint density at radius 2 is 2.00 bits per heavy atom. The van der Waals surface area contributed by atoms with Crippen molar-refractivity contribution in [3.05, 3.63) is 0 Å². The monoisotopic (exact) mass is 307 g/mol. The van der Waals surface area contributed by atoms with Crippen LogP contribution in [0.1, 0.15) is 40.0 Å². The van der Waals surface area contributed by atoms with Crippen molar-refractivity contribution in [2.24, 2.45) is 0 Å². The third kappa shape index (κ3) is 5.25. The van der Waals surface area contributed by atoms with Crippen LogP contribution in [0.15, 0.2) is 0 Å². The Morgan fingerprint density at radius 1 is 1.41 bits per heavy atom. The van der Waals surface area contributed by atoms with Gasteiger partial charge in [0, 0.05) is 24.1 Å². The van der Waals surface area contributed by atoms with Gasteiger partial charge in [-0.25, -0.2) is 4.79 Å². The first-order valence-corrected chi connectivity index (χ1v) is 7.14. The van der Waals surface area contributed by atoms with Crippen LogP contribution in [-0.2, 0) is 9.47 Å². The van der Waals surface area contributed by atoms with Crippen molar-refractivity contribution in [1.82, 2.24) is 5.32 Å². The van der Waals surface area contributed by atoms with Crippen molar-refractivity contribution < 1.29 is 14.3 Å². The first kappa shape index (κ1) is 14.8. The number of hydrogen-bond donors (Lipinski definition) is 1. The van der Waals surface area contributed by atoms with E-state index in [2.05, 4.69) is 21.2 Å². The smallest absolute Gasteiger partial charge is 0.408 e. The molecular formula is C12H22BrNO3. The largest absolute Gasteiger partial charge is 0.444 e. The van der Waals surface area contributed by atoms with Crippen molar-refractivity contribution in [2.75, 3.05) is 18.5 Å². The highest BCUT2D eigenvalue weighted by molar-refractivity contribution is 9.09. The Morgan fingerprint density at radius 3 is 2.47 bits per heavy atom. The van der Waals surface area contributed by atoms with Crippen molar-refractivity contribution in [2.45, 2.75) is 51.2 Å². The zero-order chi connectivity index (χ0) is 12.9. The van der Waals surface area contributed by atoms with Crippen LogP contribution in [0.4, 0.5) is 4.79 Å². The summed E-state index contributed by atoms with van der Waals surface area (Å²) in [6.45, 7) is 7.00. The van der Waals surface area contributed by atoms with Gasteiger partial charge in [0.15, 0.2) is 0 Å². The fraction of sp³-hybridized carbons (Fsp3) is 0.917. The third-order valence-electron chi connectivity index (χ3n) is 2.79. The Balaban J connectivity index is 2.57. The average Bonchev–Trinajstić information content (AvgIpc) is 2.15. The van der Waals surface area contributed by atoms with Crippen molar-refractivity contribution >= 4 is 22.0 Å². The summed E-state index contributed by atoms with van der Waals surface area (Å²) in [5, 5.41) is 3.88. The van der Waals surface area contributed by atoms with E-state index in [0.717, 1.165) is 24.6 Å². The molecule has 0 radical (unpaired) electrons. The summed E-state index contributed by atoms with van der Waals surface area (Å²) < 4.78 is 10.7. The van der Waals surface area contributed by atoms with Crippen LogP contribution in [0, 0.1) is 0 Å². The minimum atomic E-state index is -0.454. The van der Waals surface area contributed by atoms with E-state index < -0.39 is 5.60 Å². The fourth-order valence-corrected chi connectivity index (χ4v) is 2.66. The van der Waals surface area contributed by atoms with Gasteiger partial charge in [0.25, 0.3) is 0 Å². The van der Waals surface area contributed by atoms with E-state index in [1.165, 1.54) is 0 Å². The maximum Gasteiger partial charge on any atom is 0.408 e. The van der Waals surface area contributed by atoms with Gasteiger partial charge in [-0.1, -0.05) is 15.9 Å². The van der Waals surface area contributed by atoms with Crippen LogP contribution >= 0.6 is 15.9 Å². The number of carbonyl (C=O) groups excluding carboxylic acids is 1. The van der Waals surface area contributed by atoms with Gasteiger partial charge >= 0.3 is 6.09 Å². The molecule has 1 fully saturated rings. The Bertz CT molecular complexity index is 251. The molecule has 1 aliphatic rings. The molecule has 5 heteroatoms. The van der Waals surface area contributed by atoms with Gasteiger partial charge < -0.3 is 14.8 Å². The van der Waals surface area contributed by atoms with Crippen LogP contribution in [0.25, 0.3) is 0 Å². The summed E-state index contributed by atoms with van der Waals surface area (Å²) in [6.07, 6.45) is 2.26. The van der Waals surface area contributed by atoms with Crippen molar-refractivity contribution in [3.8, 4) is 0 Å². The number of amides is 1. The Hall–Kier alpha value is -0.290. The molecule has 4 nitrogen and oxygen atoms in total. The lowest BCUT2D eigenvalue weighted by Gasteiger charge is -2.38. The Kier molecular flexibility index (Phi) is 5.25. The quantitative estimate of drug-likeness (QED) is 0.816. The molecule has 0 unspecified atom stereocenters. The van der Waals surface area contributed by atoms with E-state index >= 15 is 0 Å². The van der Waals surface area contributed by atoms with Gasteiger partial charge in [-0.15, -0.1) is 0 Å². The topological polar surface area (TPSA) is 47.6 Å². The fourth-order valence-electron chi connectivity index (χ4n) is 1.90. The highest BCUT2D eigenvalue weighted by Gasteiger charge is 2.34. The first-order valence-electron chi connectivity index (χ1n) is 6.02. The zero-order valence-electron chi connectivity index (χ0n) is 10.8. The molecule has 1 heterocycles. The average molecular weight is 308 g/mol. The molecule has 0 bridgehead atoms. The molecule has 0 aromatic rings. The number of alkyl halides is 1. The summed E-state index contributed by atoms with van der Waals surface area (Å²) in [5.41, 5.74) is -0.630. The molecular weight excluding hydrogens is 286 g/mol. The minimum Gasteiger partial charge on any atom is -0.444 e. The second kappa shape index (κ2) is 6.05. The SMILES string of the molecule is CC(C)(C)OC(=O)NC1(CCBr)CCOCC1. The number of ether oxygens (including phenoxy) is 2. The predicted molar refractivity (Wildman–Crippen MR) is 70.6 cm³/mol. The number of carbonyl (C=O) groups is 1. The molecule has 0 saturated carbocycles. The molecule has 0 atom stereocenters. The lowest BCUT2D eigenvalue weighted by atomic mass is 9.87. The van der Waals surface area contributed by atoms with Crippen molar-refractivity contribution in [1.29, 1.82) is 0 Å². The summed E-state index contributed by atoms with van der Waals surface area (Å²) >= 11 is 3.44. The maximum atomic E-state index is 11.8. The molecule has 17 heavy (non-hydrogen) atoms. The number of halogens is 1. The van der Waals surface area contributed by atoms with Crippen LogP contribution in [0.2, 0.25) is 0 Å². The molecule has 100 valence electrons. The van der Waals surface area contributed by atoms with Crippen LogP contribution in [0.3, 0.4) is 0 Å². The van der Waals surface area contributed by atoms with E-state index in [1.807, 2.05) is 20.8 Å². The molecule has 0 aromatic carbocycles. The minimum absolute atomic E-state index is 0.177. The van der Waals surface area contributed by atoms with Crippen LogP contribution in [-0.4, -0.2) is 35.8 Å². The third-order valence-corrected chi connectivity index (χ3v) is 3.19. The normalized spacial score (nSPS) is 19.8. The second-order valence-corrected chi connectivity index (χ2v) is 6.25. The lowest BCUT2D eigenvalue weighted by molar-refractivity contribution is 0.0163. The van der Waals surface area contributed by atoms with Gasteiger partial charge in [-0.05, 0) is 40.0 Å². The lowest BCUT2D eigenvalue weighted by Crippen LogP contribution is -2.53. The van der Waals surface area contributed by atoms with E-state index in [0.29, 0.717) is 13.2 Å². The standard InChI is InChI=1S/C12H22BrNO3/c1-11(2,3)17-10(15)14-12(4-7-13)5-8-16-9-6-12/h4-9H2,1-3H3,(H,14,15). The molecule has 0 aromatic heterocycles. The highest BCUT2D eigenvalue weighted by atomic mass is 79.9. The summed E-state index contributed by atoms with van der Waals surface area (Å²) in [6, 6.07) is 0. The van der Waals surface area contributed by atoms with Gasteiger partial charge in [0.05, 0.1) is 0 Å². The summed E-state index contributed by atoms with van der Waals surface area (Å²) in [4.78, 5) is 11.8. The van der Waals surface area contributed by atoms with E-state index in [9.17, 15) is 4.79 Å². The summed E-state index contributed by atoms with van der Waals surface area (Å²) in [5.74, 6) is 0. The van der Waals surface area contributed by atoms with Crippen LogP contribution in [0.5, 0.6) is 0 Å². The molecule has 1 amide bonds. The maximum absolute atomic E-state index is 11.8. The van der Waals surface area contributed by atoms with Gasteiger partial charge in [-0.3, -0.25) is 0 Å². The number of nitrogens with one attached hydrogen (secondary N) is 1. The number of hydrogen-bond acceptors (Lipinski definition) is 3. The molecule has 0 spiro atoms. The second-order valence-electron chi connectivity index (χ2n) is 5.46. The molecule has 1 rings (SSSR count). The van der Waals surface area contributed by atoms with Crippen molar-refractivity contribution in [3.63, 3.8) is 0 Å². The first-order chi connectivity index (χ1) is 7.87.